The third kappa shape index (κ3) is 1.10. The molecule has 0 bridgehead atoms. The fourth-order valence-electron chi connectivity index (χ4n) is 0.596. The van der Waals surface area contributed by atoms with E-state index in [4.69, 9.17) is 4.89 Å². The van der Waals surface area contributed by atoms with Crippen molar-refractivity contribution >= 4 is 0 Å². The number of hydrogen-bond acceptors (Lipinski definition) is 2. The Balaban J connectivity index is 2.28. The molecule has 0 unspecified atom stereocenters. The van der Waals surface area contributed by atoms with Gasteiger partial charge in [0, 0.05) is 6.42 Å². The molecular weight excluding hydrogens is 104 g/mol. The van der Waals surface area contributed by atoms with Crippen LogP contribution >= 0.6 is 0 Å². The molecule has 0 N–H and O–H groups in total. The van der Waals surface area contributed by atoms with E-state index in [1.54, 1.807) is 0 Å². The largest absolute Gasteiger partial charge is 0.342 e. The third-order valence-corrected chi connectivity index (χ3v) is 0.928. The zero-order valence-electron chi connectivity index (χ0n) is 4.76. The highest BCUT2D eigenvalue weighted by Gasteiger charge is 1.97. The van der Waals surface area contributed by atoms with Crippen molar-refractivity contribution in [2.45, 2.75) is 6.42 Å². The summed E-state index contributed by atoms with van der Waals surface area (Å²) in [5, 5.41) is 0. The Labute approximate surface area is 48.3 Å². The predicted molar refractivity (Wildman–Crippen MR) is 29.9 cm³/mol. The lowest BCUT2D eigenvalue weighted by atomic mass is 10.4. The zero-order chi connectivity index (χ0) is 5.82. The summed E-state index contributed by atoms with van der Waals surface area (Å²) in [6, 6.07) is 0. The van der Waals surface area contributed by atoms with Crippen molar-refractivity contribution in [3.63, 3.8) is 0 Å². The lowest BCUT2D eigenvalue weighted by molar-refractivity contribution is -0.237. The topological polar surface area (TPSA) is 18.5 Å². The Hall–Kier alpha value is -0.760. The maximum absolute atomic E-state index is 4.70. The van der Waals surface area contributed by atoms with E-state index in [1.165, 1.54) is 7.11 Å². The van der Waals surface area contributed by atoms with E-state index in [1.807, 2.05) is 18.2 Å². The highest BCUT2D eigenvalue weighted by Crippen LogP contribution is 2.10. The van der Waals surface area contributed by atoms with Crippen LogP contribution in [0.25, 0.3) is 0 Å². The van der Waals surface area contributed by atoms with Crippen LogP contribution in [0.5, 0.6) is 0 Å². The summed E-state index contributed by atoms with van der Waals surface area (Å²) in [6.45, 7) is 0. The molecule has 0 heterocycles. The molecule has 0 spiro atoms. The van der Waals surface area contributed by atoms with Gasteiger partial charge in [-0.05, 0) is 6.08 Å². The summed E-state index contributed by atoms with van der Waals surface area (Å²) in [5.41, 5.74) is 0. The van der Waals surface area contributed by atoms with Crippen LogP contribution in [-0.2, 0) is 9.78 Å². The zero-order valence-corrected chi connectivity index (χ0v) is 4.76. The standard InChI is InChI=1S/C6H8O2/c1-7-8-6-4-2-3-5-6/h2-4H,5H2,1H3. The van der Waals surface area contributed by atoms with Crippen LogP contribution in [0.15, 0.2) is 24.0 Å². The van der Waals surface area contributed by atoms with Gasteiger partial charge in [-0.15, -0.1) is 0 Å². The van der Waals surface area contributed by atoms with Gasteiger partial charge in [0.1, 0.15) is 5.76 Å². The molecule has 0 fully saturated rings. The first-order chi connectivity index (χ1) is 3.93. The van der Waals surface area contributed by atoms with Crippen LogP contribution in [-0.4, -0.2) is 7.11 Å². The SMILES string of the molecule is COOC1=CC=CC1. The van der Waals surface area contributed by atoms with Crippen LogP contribution in [0.4, 0.5) is 0 Å². The van der Waals surface area contributed by atoms with E-state index < -0.39 is 0 Å². The summed E-state index contributed by atoms with van der Waals surface area (Å²) in [5.74, 6) is 0.868. The second-order valence-electron chi connectivity index (χ2n) is 1.52. The van der Waals surface area contributed by atoms with E-state index in [-0.39, 0.29) is 0 Å². The van der Waals surface area contributed by atoms with Crippen molar-refractivity contribution < 1.29 is 9.78 Å². The van der Waals surface area contributed by atoms with Crippen LogP contribution < -0.4 is 0 Å². The molecule has 0 amide bonds. The molecule has 2 heteroatoms. The van der Waals surface area contributed by atoms with Gasteiger partial charge in [0.05, 0.1) is 7.11 Å². The Morgan fingerprint density at radius 2 is 2.50 bits per heavy atom. The van der Waals surface area contributed by atoms with Gasteiger partial charge < -0.3 is 4.89 Å². The Morgan fingerprint density at radius 3 is 3.00 bits per heavy atom. The normalized spacial score (nSPS) is 16.4. The molecule has 0 saturated heterocycles. The summed E-state index contributed by atoms with van der Waals surface area (Å²) < 4.78 is 0. The van der Waals surface area contributed by atoms with Crippen molar-refractivity contribution in [1.82, 2.24) is 0 Å². The minimum Gasteiger partial charge on any atom is -0.342 e. The van der Waals surface area contributed by atoms with E-state index in [2.05, 4.69) is 4.89 Å². The molecule has 1 aliphatic rings. The molecule has 0 atom stereocenters. The Bertz CT molecular complexity index is 124. The first-order valence-electron chi connectivity index (χ1n) is 2.50. The second kappa shape index (κ2) is 2.52. The maximum Gasteiger partial charge on any atom is 0.146 e. The predicted octanol–water partition coefficient (Wildman–Crippen LogP) is 1.41. The van der Waals surface area contributed by atoms with E-state index in [0.717, 1.165) is 12.2 Å². The average molecular weight is 112 g/mol. The second-order valence-corrected chi connectivity index (χ2v) is 1.52. The van der Waals surface area contributed by atoms with Gasteiger partial charge in [0.25, 0.3) is 0 Å². The third-order valence-electron chi connectivity index (χ3n) is 0.928. The van der Waals surface area contributed by atoms with E-state index >= 15 is 0 Å². The number of allylic oxidation sites excluding steroid dienone is 3. The molecule has 1 aliphatic carbocycles. The van der Waals surface area contributed by atoms with Crippen LogP contribution in [0.1, 0.15) is 6.42 Å². The molecule has 0 aromatic rings. The van der Waals surface area contributed by atoms with Gasteiger partial charge in [0.2, 0.25) is 0 Å². The first kappa shape index (κ1) is 5.38. The van der Waals surface area contributed by atoms with Gasteiger partial charge in [0.15, 0.2) is 0 Å². The van der Waals surface area contributed by atoms with Crippen LogP contribution in [0.2, 0.25) is 0 Å². The van der Waals surface area contributed by atoms with Crippen LogP contribution in [0, 0.1) is 0 Å². The van der Waals surface area contributed by atoms with Crippen molar-refractivity contribution in [1.29, 1.82) is 0 Å². The molecule has 0 saturated carbocycles. The van der Waals surface area contributed by atoms with Crippen molar-refractivity contribution in [3.8, 4) is 0 Å². The first-order valence-corrected chi connectivity index (χ1v) is 2.50. The van der Waals surface area contributed by atoms with E-state index in [9.17, 15) is 0 Å². The quantitative estimate of drug-likeness (QED) is 0.397. The Kier molecular flexibility index (Phi) is 1.70. The van der Waals surface area contributed by atoms with Crippen molar-refractivity contribution in [2.75, 3.05) is 7.11 Å². The van der Waals surface area contributed by atoms with Gasteiger partial charge >= 0.3 is 0 Å². The van der Waals surface area contributed by atoms with Gasteiger partial charge in [-0.2, -0.15) is 4.89 Å². The lowest BCUT2D eigenvalue weighted by Gasteiger charge is -1.97. The van der Waals surface area contributed by atoms with Crippen LogP contribution in [0.3, 0.4) is 0 Å². The minimum absolute atomic E-state index is 0.855. The Morgan fingerprint density at radius 1 is 1.62 bits per heavy atom. The number of hydrogen-bond donors (Lipinski definition) is 0. The highest BCUT2D eigenvalue weighted by molar-refractivity contribution is 5.17. The van der Waals surface area contributed by atoms with Crippen molar-refractivity contribution in [2.24, 2.45) is 0 Å². The van der Waals surface area contributed by atoms with Gasteiger partial charge in [-0.1, -0.05) is 12.2 Å². The van der Waals surface area contributed by atoms with Crippen molar-refractivity contribution in [3.05, 3.63) is 24.0 Å². The van der Waals surface area contributed by atoms with E-state index in [0.29, 0.717) is 0 Å². The minimum atomic E-state index is 0.855. The molecule has 0 aromatic heterocycles. The highest BCUT2D eigenvalue weighted by atomic mass is 17.2. The monoisotopic (exact) mass is 112 g/mol. The van der Waals surface area contributed by atoms with Gasteiger partial charge in [-0.25, -0.2) is 0 Å². The fourth-order valence-corrected chi connectivity index (χ4v) is 0.596. The maximum atomic E-state index is 4.70. The smallest absolute Gasteiger partial charge is 0.146 e. The molecule has 0 aliphatic heterocycles. The lowest BCUT2D eigenvalue weighted by Crippen LogP contribution is -1.85. The summed E-state index contributed by atoms with van der Waals surface area (Å²) >= 11 is 0. The number of rotatable bonds is 2. The molecular formula is C6H8O2. The molecule has 2 nitrogen and oxygen atoms in total. The molecule has 0 radical (unpaired) electrons. The average Bonchev–Trinajstić information content (AvgIpc) is 2.19. The molecule has 1 rings (SSSR count). The summed E-state index contributed by atoms with van der Waals surface area (Å²) in [6.07, 6.45) is 6.68. The fraction of sp³-hybridized carbons (Fsp3) is 0.333. The molecule has 8 heavy (non-hydrogen) atoms. The summed E-state index contributed by atoms with van der Waals surface area (Å²) in [4.78, 5) is 9.12. The summed E-state index contributed by atoms with van der Waals surface area (Å²) in [7, 11) is 1.50. The van der Waals surface area contributed by atoms with Gasteiger partial charge in [-0.3, -0.25) is 0 Å². The molecule has 44 valence electrons. The molecule has 0 aromatic carbocycles.